The van der Waals surface area contributed by atoms with Crippen molar-refractivity contribution in [2.75, 3.05) is 13.2 Å². The number of rotatable bonds is 6. The molecule has 0 atom stereocenters. The number of hydrogen-bond donors (Lipinski definition) is 1. The van der Waals surface area contributed by atoms with Gasteiger partial charge in [-0.3, -0.25) is 0 Å². The summed E-state index contributed by atoms with van der Waals surface area (Å²) < 4.78 is 5.47. The molecule has 0 amide bonds. The summed E-state index contributed by atoms with van der Waals surface area (Å²) >= 11 is 5.90. The zero-order valence-electron chi connectivity index (χ0n) is 10.4. The van der Waals surface area contributed by atoms with Crippen LogP contribution in [-0.4, -0.2) is 18.1 Å². The fourth-order valence-corrected chi connectivity index (χ4v) is 1.75. The maximum absolute atomic E-state index is 5.90. The number of nitrogens with one attached hydrogen (secondary N) is 1. The van der Waals surface area contributed by atoms with Crippen molar-refractivity contribution in [2.45, 2.75) is 6.54 Å². The van der Waals surface area contributed by atoms with Crippen molar-refractivity contribution in [3.05, 3.63) is 59.2 Å². The molecule has 19 heavy (non-hydrogen) atoms. The number of pyridine rings is 1. The lowest BCUT2D eigenvalue weighted by Gasteiger charge is -2.07. The van der Waals surface area contributed by atoms with Gasteiger partial charge in [0.1, 0.15) is 6.61 Å². The number of halogens is 2. The minimum Gasteiger partial charge on any atom is -0.476 e. The van der Waals surface area contributed by atoms with Gasteiger partial charge < -0.3 is 10.1 Å². The fourth-order valence-electron chi connectivity index (χ4n) is 1.54. The third-order valence-corrected chi connectivity index (χ3v) is 2.62. The zero-order chi connectivity index (χ0) is 12.6. The summed E-state index contributed by atoms with van der Waals surface area (Å²) in [5.41, 5.74) is 1.17. The molecule has 5 heteroatoms. The lowest BCUT2D eigenvalue weighted by Crippen LogP contribution is -2.20. The number of ether oxygens (including phenoxy) is 1. The van der Waals surface area contributed by atoms with Crippen LogP contribution in [0.4, 0.5) is 0 Å². The van der Waals surface area contributed by atoms with Crippen molar-refractivity contribution < 1.29 is 4.74 Å². The Balaban J connectivity index is 0.00000180. The molecular weight excluding hydrogens is 283 g/mol. The minimum absolute atomic E-state index is 0. The summed E-state index contributed by atoms with van der Waals surface area (Å²) in [6, 6.07) is 13.4. The molecule has 0 bridgehead atoms. The lowest BCUT2D eigenvalue weighted by atomic mass is 10.2. The summed E-state index contributed by atoms with van der Waals surface area (Å²) in [7, 11) is 0. The van der Waals surface area contributed by atoms with E-state index >= 15 is 0 Å². The fraction of sp³-hybridized carbons (Fsp3) is 0.214. The highest BCUT2D eigenvalue weighted by Gasteiger charge is 1.95. The van der Waals surface area contributed by atoms with Gasteiger partial charge in [0, 0.05) is 30.4 Å². The molecule has 0 aliphatic carbocycles. The first kappa shape index (κ1) is 15.8. The van der Waals surface area contributed by atoms with Gasteiger partial charge in [-0.05, 0) is 23.8 Å². The van der Waals surface area contributed by atoms with Crippen LogP contribution in [0.5, 0.6) is 5.88 Å². The monoisotopic (exact) mass is 298 g/mol. The first-order valence-corrected chi connectivity index (χ1v) is 6.21. The van der Waals surface area contributed by atoms with Gasteiger partial charge in [-0.1, -0.05) is 29.8 Å². The molecule has 1 heterocycles. The van der Waals surface area contributed by atoms with Crippen LogP contribution < -0.4 is 10.1 Å². The summed E-state index contributed by atoms with van der Waals surface area (Å²) in [6.07, 6.45) is 1.72. The van der Waals surface area contributed by atoms with E-state index in [0.29, 0.717) is 12.5 Å². The number of aromatic nitrogens is 1. The van der Waals surface area contributed by atoms with E-state index in [1.54, 1.807) is 6.20 Å². The van der Waals surface area contributed by atoms with Gasteiger partial charge in [0.2, 0.25) is 5.88 Å². The first-order valence-electron chi connectivity index (χ1n) is 5.83. The van der Waals surface area contributed by atoms with Crippen molar-refractivity contribution in [3.8, 4) is 5.88 Å². The van der Waals surface area contributed by atoms with E-state index < -0.39 is 0 Å². The molecule has 3 nitrogen and oxygen atoms in total. The number of nitrogens with zero attached hydrogens (tertiary/aromatic N) is 1. The molecular formula is C14H16Cl2N2O. The minimum atomic E-state index is 0. The van der Waals surface area contributed by atoms with E-state index in [-0.39, 0.29) is 12.4 Å². The summed E-state index contributed by atoms with van der Waals surface area (Å²) in [5.74, 6) is 0.655. The normalized spacial score (nSPS) is 9.74. The first-order chi connectivity index (χ1) is 8.84. The van der Waals surface area contributed by atoms with Gasteiger partial charge in [0.25, 0.3) is 0 Å². The highest BCUT2D eigenvalue weighted by Crippen LogP contribution is 2.10. The highest BCUT2D eigenvalue weighted by atomic mass is 35.5. The van der Waals surface area contributed by atoms with Gasteiger partial charge in [-0.15, -0.1) is 12.4 Å². The molecule has 0 aliphatic rings. The molecule has 102 valence electrons. The highest BCUT2D eigenvalue weighted by molar-refractivity contribution is 6.30. The lowest BCUT2D eigenvalue weighted by molar-refractivity contribution is 0.302. The summed E-state index contributed by atoms with van der Waals surface area (Å²) in [6.45, 7) is 2.15. The quantitative estimate of drug-likeness (QED) is 0.831. The molecule has 0 unspecified atom stereocenters. The Labute approximate surface area is 124 Å². The van der Waals surface area contributed by atoms with E-state index in [4.69, 9.17) is 16.3 Å². The third kappa shape index (κ3) is 5.92. The van der Waals surface area contributed by atoms with Crippen molar-refractivity contribution >= 4 is 24.0 Å². The molecule has 1 N–H and O–H groups in total. The molecule has 2 aromatic rings. The second-order valence-electron chi connectivity index (χ2n) is 3.82. The van der Waals surface area contributed by atoms with Gasteiger partial charge in [0.15, 0.2) is 0 Å². The second kappa shape index (κ2) is 8.75. The van der Waals surface area contributed by atoms with E-state index in [1.165, 1.54) is 5.56 Å². The van der Waals surface area contributed by atoms with Crippen LogP contribution in [0.1, 0.15) is 5.56 Å². The van der Waals surface area contributed by atoms with Crippen molar-refractivity contribution in [1.82, 2.24) is 10.3 Å². The molecule has 0 aliphatic heterocycles. The van der Waals surface area contributed by atoms with Crippen LogP contribution in [0.15, 0.2) is 48.7 Å². The summed E-state index contributed by atoms with van der Waals surface area (Å²) in [4.78, 5) is 4.08. The van der Waals surface area contributed by atoms with Crippen molar-refractivity contribution in [3.63, 3.8) is 0 Å². The van der Waals surface area contributed by atoms with E-state index in [2.05, 4.69) is 10.3 Å². The molecule has 0 radical (unpaired) electrons. The SMILES string of the molecule is Cl.Clc1cccc(CNCCOc2ccccn2)c1. The molecule has 0 fully saturated rings. The van der Waals surface area contributed by atoms with E-state index in [9.17, 15) is 0 Å². The topological polar surface area (TPSA) is 34.1 Å². The molecule has 1 aromatic heterocycles. The van der Waals surface area contributed by atoms with Crippen LogP contribution in [0.3, 0.4) is 0 Å². The number of benzene rings is 1. The standard InChI is InChI=1S/C14H15ClN2O.ClH/c15-13-5-3-4-12(10-13)11-16-8-9-18-14-6-1-2-7-17-14;/h1-7,10,16H,8-9,11H2;1H. The average Bonchev–Trinajstić information content (AvgIpc) is 2.40. The Morgan fingerprint density at radius 1 is 1.16 bits per heavy atom. The average molecular weight is 299 g/mol. The zero-order valence-corrected chi connectivity index (χ0v) is 12.0. The molecule has 0 saturated heterocycles. The Bertz CT molecular complexity index is 480. The van der Waals surface area contributed by atoms with E-state index in [0.717, 1.165) is 18.1 Å². The second-order valence-corrected chi connectivity index (χ2v) is 4.26. The Morgan fingerprint density at radius 2 is 2.05 bits per heavy atom. The van der Waals surface area contributed by atoms with Crippen molar-refractivity contribution in [2.24, 2.45) is 0 Å². The Kier molecular flexibility index (Phi) is 7.26. The molecule has 1 aromatic carbocycles. The third-order valence-electron chi connectivity index (χ3n) is 2.38. The Morgan fingerprint density at radius 3 is 2.79 bits per heavy atom. The molecule has 0 spiro atoms. The van der Waals surface area contributed by atoms with E-state index in [1.807, 2.05) is 42.5 Å². The van der Waals surface area contributed by atoms with Crippen LogP contribution in [0.2, 0.25) is 5.02 Å². The predicted molar refractivity (Wildman–Crippen MR) is 80.1 cm³/mol. The van der Waals surface area contributed by atoms with Gasteiger partial charge in [0.05, 0.1) is 0 Å². The van der Waals surface area contributed by atoms with Crippen LogP contribution in [0.25, 0.3) is 0 Å². The van der Waals surface area contributed by atoms with Crippen molar-refractivity contribution in [1.29, 1.82) is 0 Å². The molecule has 2 rings (SSSR count). The van der Waals surface area contributed by atoms with Crippen LogP contribution in [0, 0.1) is 0 Å². The Hall–Kier alpha value is -1.29. The van der Waals surface area contributed by atoms with Gasteiger partial charge in [-0.2, -0.15) is 0 Å². The maximum atomic E-state index is 5.90. The smallest absolute Gasteiger partial charge is 0.213 e. The predicted octanol–water partition coefficient (Wildman–Crippen LogP) is 3.33. The summed E-state index contributed by atoms with van der Waals surface area (Å²) in [5, 5.41) is 4.05. The maximum Gasteiger partial charge on any atom is 0.213 e. The molecule has 0 saturated carbocycles. The van der Waals surface area contributed by atoms with Crippen LogP contribution >= 0.6 is 24.0 Å². The largest absolute Gasteiger partial charge is 0.476 e. The van der Waals surface area contributed by atoms with Gasteiger partial charge >= 0.3 is 0 Å². The number of hydrogen-bond acceptors (Lipinski definition) is 3. The van der Waals surface area contributed by atoms with Crippen LogP contribution in [-0.2, 0) is 6.54 Å². The van der Waals surface area contributed by atoms with Gasteiger partial charge in [-0.25, -0.2) is 4.98 Å².